The molecule has 468 valence electrons. The number of hydrogen-bond acceptors (Lipinski definition) is 14. The fraction of sp³-hybridized carbons (Fsp3) is 0.954. The lowest BCUT2D eigenvalue weighted by molar-refractivity contribution is -0.332. The second-order valence-electron chi connectivity index (χ2n) is 23.7. The summed E-state index contributed by atoms with van der Waals surface area (Å²) in [6.07, 6.45) is 44.2. The molecule has 0 aromatic rings. The number of esters is 1. The molecule has 14 nitrogen and oxygen atoms in total. The van der Waals surface area contributed by atoms with Gasteiger partial charge in [-0.25, -0.2) is 0 Å². The van der Waals surface area contributed by atoms with E-state index in [2.05, 4.69) is 26.0 Å². The van der Waals surface area contributed by atoms with Crippen LogP contribution in [0.5, 0.6) is 0 Å². The molecule has 2 aliphatic heterocycles. The summed E-state index contributed by atoms with van der Waals surface area (Å²) < 4.78 is 34.5. The first kappa shape index (κ1) is 73.8. The Morgan fingerprint density at radius 2 is 0.747 bits per heavy atom. The summed E-state index contributed by atoms with van der Waals surface area (Å²) >= 11 is 0. The predicted octanol–water partition coefficient (Wildman–Crippen LogP) is 13.3. The molecule has 0 spiro atoms. The summed E-state index contributed by atoms with van der Waals surface area (Å²) in [5.74, 6) is -0.367. The van der Waals surface area contributed by atoms with Gasteiger partial charge in [0.1, 0.15) is 54.9 Å². The molecule has 2 saturated heterocycles. The third-order valence-electron chi connectivity index (χ3n) is 16.3. The van der Waals surface area contributed by atoms with E-state index < -0.39 is 80.7 Å². The van der Waals surface area contributed by atoms with Gasteiger partial charge in [-0.15, -0.1) is 0 Å². The van der Waals surface area contributed by atoms with Crippen LogP contribution in [0.25, 0.3) is 0 Å². The average Bonchev–Trinajstić information content (AvgIpc) is 3.46. The Labute approximate surface area is 482 Å². The van der Waals surface area contributed by atoms with Gasteiger partial charge in [0.2, 0.25) is 0 Å². The maximum Gasteiger partial charge on any atom is 0.306 e. The van der Waals surface area contributed by atoms with Gasteiger partial charge in [-0.1, -0.05) is 264 Å². The summed E-state index contributed by atoms with van der Waals surface area (Å²) in [5.41, 5.74) is 0. The van der Waals surface area contributed by atoms with Crippen LogP contribution in [-0.4, -0.2) is 142 Å². The molecule has 2 rings (SSSR count). The Balaban J connectivity index is 1.65. The van der Waals surface area contributed by atoms with Gasteiger partial charge in [0.05, 0.1) is 26.4 Å². The van der Waals surface area contributed by atoms with E-state index >= 15 is 0 Å². The fourth-order valence-corrected chi connectivity index (χ4v) is 10.9. The van der Waals surface area contributed by atoms with Crippen molar-refractivity contribution in [1.82, 2.24) is 0 Å². The minimum atomic E-state index is -1.70. The van der Waals surface area contributed by atoms with Crippen LogP contribution in [0.1, 0.15) is 296 Å². The second-order valence-corrected chi connectivity index (χ2v) is 23.7. The maximum atomic E-state index is 13.1. The molecule has 11 atom stereocenters. The molecule has 0 aliphatic carbocycles. The molecule has 0 radical (unpaired) electrons. The molecule has 11 unspecified atom stereocenters. The van der Waals surface area contributed by atoms with Crippen LogP contribution < -0.4 is 0 Å². The Bertz CT molecular complexity index is 1360. The first-order valence-electron chi connectivity index (χ1n) is 33.3. The Morgan fingerprint density at radius 1 is 0.405 bits per heavy atom. The van der Waals surface area contributed by atoms with Crippen molar-refractivity contribution in [1.29, 1.82) is 0 Å². The maximum absolute atomic E-state index is 13.1. The summed E-state index contributed by atoms with van der Waals surface area (Å²) in [5, 5.41) is 72.5. The van der Waals surface area contributed by atoms with E-state index in [1.54, 1.807) is 0 Å². The smallest absolute Gasteiger partial charge is 0.306 e. The number of aliphatic hydroxyl groups is 7. The minimum absolute atomic E-state index is 0.0673. The quantitative estimate of drug-likeness (QED) is 0.0172. The summed E-state index contributed by atoms with van der Waals surface area (Å²) in [6, 6.07) is 0. The first-order valence-corrected chi connectivity index (χ1v) is 33.3. The van der Waals surface area contributed by atoms with Crippen LogP contribution in [0.3, 0.4) is 0 Å². The zero-order chi connectivity index (χ0) is 57.2. The number of carbonyl (C=O) groups is 1. The monoisotopic (exact) mass is 1130 g/mol. The molecule has 2 aliphatic rings. The van der Waals surface area contributed by atoms with Crippen molar-refractivity contribution in [3.05, 3.63) is 12.2 Å². The number of unbranched alkanes of at least 4 members (excludes halogenated alkanes) is 40. The van der Waals surface area contributed by atoms with Gasteiger partial charge in [-0.05, 0) is 38.5 Å². The molecule has 14 heteroatoms. The topological polar surface area (TPSA) is 214 Å². The summed E-state index contributed by atoms with van der Waals surface area (Å²) in [7, 11) is 0. The molecule has 7 N–H and O–H groups in total. The van der Waals surface area contributed by atoms with E-state index in [9.17, 15) is 40.5 Å². The van der Waals surface area contributed by atoms with Crippen molar-refractivity contribution in [3.8, 4) is 0 Å². The molecule has 0 amide bonds. The van der Waals surface area contributed by atoms with Crippen LogP contribution >= 0.6 is 0 Å². The van der Waals surface area contributed by atoms with Crippen LogP contribution in [0.2, 0.25) is 0 Å². The van der Waals surface area contributed by atoms with Crippen LogP contribution in [-0.2, 0) is 33.2 Å². The SMILES string of the molecule is CCCCCCCCCC/C=C\CCCCCCCCCCCCOCC(COC1OC(COC2OC(CO)C(O)C(O)C2O)C(O)C(O)C1O)OC(=O)CCCCCCCCCCCCCCCCCCCCCCCCC. The molecule has 2 fully saturated rings. The van der Waals surface area contributed by atoms with Crippen molar-refractivity contribution in [2.24, 2.45) is 0 Å². The van der Waals surface area contributed by atoms with E-state index in [1.807, 2.05) is 0 Å². The molecule has 0 aromatic heterocycles. The van der Waals surface area contributed by atoms with Gasteiger partial charge in [-0.2, -0.15) is 0 Å². The number of carbonyl (C=O) groups excluding carboxylic acids is 1. The molecular formula is C65H124O14. The molecule has 2 heterocycles. The van der Waals surface area contributed by atoms with Gasteiger partial charge in [0.25, 0.3) is 0 Å². The number of aliphatic hydroxyl groups excluding tert-OH is 7. The molecule has 0 bridgehead atoms. The lowest BCUT2D eigenvalue weighted by Crippen LogP contribution is -2.61. The Hall–Kier alpha value is -1.27. The Kier molecular flexibility index (Phi) is 48.9. The lowest BCUT2D eigenvalue weighted by Gasteiger charge is -2.42. The minimum Gasteiger partial charge on any atom is -0.457 e. The normalized spacial score (nSPS) is 24.0. The third kappa shape index (κ3) is 38.3. The number of hydrogen-bond donors (Lipinski definition) is 7. The fourth-order valence-electron chi connectivity index (χ4n) is 10.9. The summed E-state index contributed by atoms with van der Waals surface area (Å²) in [6.45, 7) is 3.77. The van der Waals surface area contributed by atoms with Crippen LogP contribution in [0.4, 0.5) is 0 Å². The van der Waals surface area contributed by atoms with Crippen molar-refractivity contribution >= 4 is 5.97 Å². The predicted molar refractivity (Wildman–Crippen MR) is 317 cm³/mol. The highest BCUT2D eigenvalue weighted by atomic mass is 16.7. The molecule has 0 aromatic carbocycles. The van der Waals surface area contributed by atoms with Crippen LogP contribution in [0.15, 0.2) is 12.2 Å². The number of allylic oxidation sites excluding steroid dienone is 2. The van der Waals surface area contributed by atoms with E-state index in [0.29, 0.717) is 13.0 Å². The van der Waals surface area contributed by atoms with E-state index in [0.717, 1.165) is 38.5 Å². The first-order chi connectivity index (χ1) is 38.6. The van der Waals surface area contributed by atoms with Crippen molar-refractivity contribution in [3.63, 3.8) is 0 Å². The highest BCUT2D eigenvalue weighted by Gasteiger charge is 2.47. The van der Waals surface area contributed by atoms with Gasteiger partial charge < -0.3 is 64.2 Å². The largest absolute Gasteiger partial charge is 0.457 e. The highest BCUT2D eigenvalue weighted by molar-refractivity contribution is 5.69. The zero-order valence-corrected chi connectivity index (χ0v) is 50.6. The van der Waals surface area contributed by atoms with Crippen molar-refractivity contribution in [2.75, 3.05) is 33.0 Å². The van der Waals surface area contributed by atoms with E-state index in [1.165, 1.54) is 231 Å². The average molecular weight is 1130 g/mol. The highest BCUT2D eigenvalue weighted by Crippen LogP contribution is 2.27. The van der Waals surface area contributed by atoms with Gasteiger partial charge in [0, 0.05) is 13.0 Å². The number of ether oxygens (including phenoxy) is 6. The van der Waals surface area contributed by atoms with Gasteiger partial charge in [0.15, 0.2) is 12.6 Å². The van der Waals surface area contributed by atoms with Gasteiger partial charge in [-0.3, -0.25) is 4.79 Å². The summed E-state index contributed by atoms with van der Waals surface area (Å²) in [4.78, 5) is 13.1. The van der Waals surface area contributed by atoms with Crippen LogP contribution in [0, 0.1) is 0 Å². The Morgan fingerprint density at radius 3 is 1.15 bits per heavy atom. The second kappa shape index (κ2) is 52.3. The molecular weight excluding hydrogens is 1000 g/mol. The zero-order valence-electron chi connectivity index (χ0n) is 50.6. The van der Waals surface area contributed by atoms with Gasteiger partial charge >= 0.3 is 5.97 Å². The number of rotatable bonds is 56. The molecule has 79 heavy (non-hydrogen) atoms. The standard InChI is InChI=1S/C65H124O14/c1-3-5-7-9-11-13-15-17-19-21-23-25-27-28-30-32-34-36-38-40-42-44-46-48-57(67)77-54(51-74-49-47-45-43-41-39-37-35-33-31-29-26-24-22-20-18-16-14-12-10-8-6-4-2)52-75-64-63(73)61(71)59(69)56(79-64)53-76-65-62(72)60(70)58(68)55(50-66)78-65/h22,24,54-56,58-66,68-73H,3-21,23,25-53H2,1-2H3/b24-22-. The third-order valence-corrected chi connectivity index (χ3v) is 16.3. The molecule has 0 saturated carbocycles. The van der Waals surface area contributed by atoms with E-state index in [-0.39, 0.29) is 25.6 Å². The van der Waals surface area contributed by atoms with E-state index in [4.69, 9.17) is 28.4 Å². The van der Waals surface area contributed by atoms with Crippen molar-refractivity contribution in [2.45, 2.75) is 364 Å². The lowest BCUT2D eigenvalue weighted by atomic mass is 9.98. The van der Waals surface area contributed by atoms with Crippen molar-refractivity contribution < 1.29 is 69.0 Å².